The van der Waals surface area contributed by atoms with Crippen molar-refractivity contribution in [1.29, 1.82) is 0 Å². The third-order valence-corrected chi connectivity index (χ3v) is 7.05. The van der Waals surface area contributed by atoms with E-state index in [9.17, 15) is 9.18 Å². The zero-order valence-corrected chi connectivity index (χ0v) is 17.7. The molecule has 3 saturated carbocycles. The first-order valence-electron chi connectivity index (χ1n) is 11.2. The molecule has 0 heterocycles. The van der Waals surface area contributed by atoms with Gasteiger partial charge < -0.3 is 14.8 Å². The molecule has 0 bridgehead atoms. The Balaban J connectivity index is 1.20. The van der Waals surface area contributed by atoms with E-state index in [2.05, 4.69) is 12.2 Å². The predicted octanol–water partition coefficient (Wildman–Crippen LogP) is 4.99. The molecule has 3 aliphatic carbocycles. The molecule has 2 atom stereocenters. The molecule has 0 unspecified atom stereocenters. The smallest absolute Gasteiger partial charge is 0.217 e. The number of nitrogens with one attached hydrogen (secondary N) is 1. The van der Waals surface area contributed by atoms with Gasteiger partial charge in [0.2, 0.25) is 5.91 Å². The van der Waals surface area contributed by atoms with Crippen LogP contribution in [0.1, 0.15) is 70.8 Å². The molecule has 1 aromatic carbocycles. The summed E-state index contributed by atoms with van der Waals surface area (Å²) in [5.41, 5.74) is 1.06. The summed E-state index contributed by atoms with van der Waals surface area (Å²) in [7, 11) is 0. The van der Waals surface area contributed by atoms with Gasteiger partial charge in [-0.1, -0.05) is 0 Å². The summed E-state index contributed by atoms with van der Waals surface area (Å²) < 4.78 is 26.0. The third kappa shape index (κ3) is 5.50. The van der Waals surface area contributed by atoms with Crippen LogP contribution in [0, 0.1) is 23.1 Å². The van der Waals surface area contributed by atoms with E-state index in [1.807, 2.05) is 0 Å². The summed E-state index contributed by atoms with van der Waals surface area (Å²) >= 11 is 0. The molecule has 0 radical (unpaired) electrons. The van der Waals surface area contributed by atoms with Crippen LogP contribution >= 0.6 is 0 Å². The number of rotatable bonds is 9. The van der Waals surface area contributed by atoms with Gasteiger partial charge >= 0.3 is 0 Å². The lowest BCUT2D eigenvalue weighted by Crippen LogP contribution is -2.31. The topological polar surface area (TPSA) is 47.6 Å². The fraction of sp³-hybridized carbons (Fsp3) is 0.708. The molecular weight excluding hydrogens is 369 g/mol. The summed E-state index contributed by atoms with van der Waals surface area (Å²) in [6.45, 7) is 4.73. The van der Waals surface area contributed by atoms with Crippen LogP contribution in [-0.4, -0.2) is 24.7 Å². The van der Waals surface area contributed by atoms with E-state index in [4.69, 9.17) is 9.47 Å². The molecular formula is C24H34FNO3. The molecule has 3 fully saturated rings. The summed E-state index contributed by atoms with van der Waals surface area (Å²) in [5.74, 6) is 1.99. The molecule has 29 heavy (non-hydrogen) atoms. The van der Waals surface area contributed by atoms with Crippen molar-refractivity contribution < 1.29 is 18.7 Å². The van der Waals surface area contributed by atoms with E-state index in [0.717, 1.165) is 37.5 Å². The second-order valence-corrected chi connectivity index (χ2v) is 9.62. The number of halogens is 1. The average molecular weight is 404 g/mol. The van der Waals surface area contributed by atoms with E-state index in [1.165, 1.54) is 38.2 Å². The Morgan fingerprint density at radius 3 is 2.72 bits per heavy atom. The molecule has 160 valence electrons. The van der Waals surface area contributed by atoms with Crippen molar-refractivity contribution in [3.63, 3.8) is 0 Å². The minimum absolute atomic E-state index is 0.0542. The van der Waals surface area contributed by atoms with Crippen molar-refractivity contribution in [3.05, 3.63) is 29.6 Å². The van der Waals surface area contributed by atoms with E-state index < -0.39 is 0 Å². The second-order valence-electron chi connectivity index (χ2n) is 9.62. The maximum absolute atomic E-state index is 14.2. The molecule has 1 aromatic rings. The Morgan fingerprint density at radius 2 is 2.03 bits per heavy atom. The summed E-state index contributed by atoms with van der Waals surface area (Å²) in [4.78, 5) is 11.2. The molecule has 0 aromatic heterocycles. The van der Waals surface area contributed by atoms with Gasteiger partial charge in [0, 0.05) is 18.5 Å². The number of carbonyl (C=O) groups excluding carboxylic acids is 1. The molecule has 4 rings (SSSR count). The zero-order chi connectivity index (χ0) is 20.4. The first-order chi connectivity index (χ1) is 13.9. The molecule has 1 spiro atoms. The fourth-order valence-electron chi connectivity index (χ4n) is 5.00. The highest BCUT2D eigenvalue weighted by Crippen LogP contribution is 2.63. The average Bonchev–Trinajstić information content (AvgIpc) is 3.59. The van der Waals surface area contributed by atoms with Crippen molar-refractivity contribution >= 4 is 5.91 Å². The number of hydrogen-bond donors (Lipinski definition) is 1. The van der Waals surface area contributed by atoms with Gasteiger partial charge in [0.1, 0.15) is 11.6 Å². The lowest BCUT2D eigenvalue weighted by atomic mass is 9.82. The first kappa shape index (κ1) is 20.6. The van der Waals surface area contributed by atoms with Gasteiger partial charge in [-0.15, -0.1) is 0 Å². The molecule has 3 aliphatic rings. The molecule has 1 N–H and O–H groups in total. The van der Waals surface area contributed by atoms with Crippen LogP contribution in [0.4, 0.5) is 4.39 Å². The summed E-state index contributed by atoms with van der Waals surface area (Å²) in [6, 6.07) is 5.24. The first-order valence-corrected chi connectivity index (χ1v) is 11.2. The Bertz CT molecular complexity index is 725. The van der Waals surface area contributed by atoms with Gasteiger partial charge in [0.05, 0.1) is 19.3 Å². The minimum atomic E-state index is -0.217. The van der Waals surface area contributed by atoms with Gasteiger partial charge in [-0.2, -0.15) is 0 Å². The van der Waals surface area contributed by atoms with Crippen LogP contribution in [0.2, 0.25) is 0 Å². The third-order valence-electron chi connectivity index (χ3n) is 7.05. The largest absolute Gasteiger partial charge is 0.493 e. The van der Waals surface area contributed by atoms with Crippen LogP contribution in [0.15, 0.2) is 18.2 Å². The number of carbonyl (C=O) groups is 1. The molecule has 4 nitrogen and oxygen atoms in total. The molecule has 5 heteroatoms. The van der Waals surface area contributed by atoms with Gasteiger partial charge in [0.15, 0.2) is 0 Å². The van der Waals surface area contributed by atoms with Crippen LogP contribution in [0.25, 0.3) is 0 Å². The Morgan fingerprint density at radius 1 is 1.28 bits per heavy atom. The van der Waals surface area contributed by atoms with E-state index in [0.29, 0.717) is 23.5 Å². The minimum Gasteiger partial charge on any atom is -0.493 e. The standard InChI is InChI=1S/C24H34FNO3/c1-16(26-17(2)27)11-20-13-24(20)9-7-21(8-10-24)29-15-19-12-22(5-6-23(19)25)28-14-18-3-4-18/h5-6,12,16,18,20-21H,3-4,7-11,13-15H2,1-2H3,(H,26,27)/t16-,20+,21?,24?/m0/s1. The quantitative estimate of drug-likeness (QED) is 0.632. The van der Waals surface area contributed by atoms with E-state index in [1.54, 1.807) is 19.1 Å². The Hall–Kier alpha value is -1.62. The lowest BCUT2D eigenvalue weighted by molar-refractivity contribution is -0.119. The number of ether oxygens (including phenoxy) is 2. The van der Waals surface area contributed by atoms with Gasteiger partial charge in [-0.05, 0) is 93.7 Å². The maximum Gasteiger partial charge on any atom is 0.217 e. The fourth-order valence-corrected chi connectivity index (χ4v) is 5.00. The highest BCUT2D eigenvalue weighted by atomic mass is 19.1. The summed E-state index contributed by atoms with van der Waals surface area (Å²) in [5, 5.41) is 3.00. The zero-order valence-electron chi connectivity index (χ0n) is 17.7. The van der Waals surface area contributed by atoms with Crippen LogP contribution in [0.5, 0.6) is 5.75 Å². The van der Waals surface area contributed by atoms with Crippen LogP contribution < -0.4 is 10.1 Å². The van der Waals surface area contributed by atoms with Crippen molar-refractivity contribution in [1.82, 2.24) is 5.32 Å². The predicted molar refractivity (Wildman–Crippen MR) is 110 cm³/mol. The SMILES string of the molecule is CC(=O)N[C@@H](C)C[C@@H]1CC12CCC(OCc1cc(OCC3CC3)ccc1F)CC2. The van der Waals surface area contributed by atoms with Gasteiger partial charge in [-0.25, -0.2) is 4.39 Å². The molecule has 1 amide bonds. The summed E-state index contributed by atoms with van der Waals surface area (Å²) in [6.07, 6.45) is 9.51. The number of hydrogen-bond acceptors (Lipinski definition) is 3. The number of amides is 1. The Labute approximate surface area is 173 Å². The monoisotopic (exact) mass is 403 g/mol. The number of benzene rings is 1. The van der Waals surface area contributed by atoms with Crippen LogP contribution in [0.3, 0.4) is 0 Å². The van der Waals surface area contributed by atoms with Crippen LogP contribution in [-0.2, 0) is 16.1 Å². The highest BCUT2D eigenvalue weighted by molar-refractivity contribution is 5.73. The molecule has 0 aliphatic heterocycles. The second kappa shape index (κ2) is 8.63. The Kier molecular flexibility index (Phi) is 6.14. The van der Waals surface area contributed by atoms with Crippen molar-refractivity contribution in [2.45, 2.75) is 84.0 Å². The highest BCUT2D eigenvalue weighted by Gasteiger charge is 2.54. The van der Waals surface area contributed by atoms with Gasteiger partial charge in [0.25, 0.3) is 0 Å². The molecule has 0 saturated heterocycles. The van der Waals surface area contributed by atoms with Crippen molar-refractivity contribution in [2.75, 3.05) is 6.61 Å². The maximum atomic E-state index is 14.2. The van der Waals surface area contributed by atoms with E-state index in [-0.39, 0.29) is 23.9 Å². The normalized spacial score (nSPS) is 29.5. The van der Waals surface area contributed by atoms with E-state index >= 15 is 0 Å². The van der Waals surface area contributed by atoms with Crippen molar-refractivity contribution in [2.24, 2.45) is 17.3 Å². The van der Waals surface area contributed by atoms with Crippen molar-refractivity contribution in [3.8, 4) is 5.75 Å². The lowest BCUT2D eigenvalue weighted by Gasteiger charge is -2.30. The van der Waals surface area contributed by atoms with Gasteiger partial charge in [-0.3, -0.25) is 4.79 Å².